The van der Waals surface area contributed by atoms with Gasteiger partial charge in [-0.2, -0.15) is 0 Å². The Bertz CT molecular complexity index is 161. The van der Waals surface area contributed by atoms with Crippen LogP contribution in [0.3, 0.4) is 0 Å². The van der Waals surface area contributed by atoms with E-state index in [4.69, 9.17) is 15.2 Å². The zero-order chi connectivity index (χ0) is 11.1. The zero-order valence-corrected chi connectivity index (χ0v) is 10.1. The lowest BCUT2D eigenvalue weighted by Crippen LogP contribution is -2.27. The van der Waals surface area contributed by atoms with E-state index in [0.29, 0.717) is 37.9 Å². The van der Waals surface area contributed by atoms with Crippen LogP contribution >= 0.6 is 0 Å². The number of nitrogens with two attached hydrogens (primary N) is 1. The summed E-state index contributed by atoms with van der Waals surface area (Å²) in [4.78, 5) is 0. The molecule has 3 nitrogen and oxygen atoms in total. The Hall–Kier alpha value is -0.120. The fourth-order valence-corrected chi connectivity index (χ4v) is 2.00. The van der Waals surface area contributed by atoms with Gasteiger partial charge in [0.15, 0.2) is 0 Å². The molecule has 0 radical (unpaired) electrons. The third-order valence-electron chi connectivity index (χ3n) is 3.13. The standard InChI is InChI=1S/C12H25NO2/c1-12(2)5-3-11(4-6-12)15-10-9-14-8-7-13/h11H,3-10,13H2,1-2H3. The van der Waals surface area contributed by atoms with Gasteiger partial charge in [-0.25, -0.2) is 0 Å². The van der Waals surface area contributed by atoms with Gasteiger partial charge in [-0.15, -0.1) is 0 Å². The van der Waals surface area contributed by atoms with E-state index in [1.807, 2.05) is 0 Å². The molecule has 1 aliphatic carbocycles. The lowest BCUT2D eigenvalue weighted by atomic mass is 9.76. The van der Waals surface area contributed by atoms with Gasteiger partial charge in [0.05, 0.1) is 25.9 Å². The Morgan fingerprint density at radius 2 is 1.80 bits per heavy atom. The molecule has 0 aliphatic heterocycles. The van der Waals surface area contributed by atoms with Gasteiger partial charge in [-0.1, -0.05) is 13.8 Å². The second-order valence-corrected chi connectivity index (χ2v) is 5.14. The van der Waals surface area contributed by atoms with Crippen molar-refractivity contribution in [3.05, 3.63) is 0 Å². The second-order valence-electron chi connectivity index (χ2n) is 5.14. The van der Waals surface area contributed by atoms with Gasteiger partial charge < -0.3 is 15.2 Å². The lowest BCUT2D eigenvalue weighted by molar-refractivity contribution is -0.0237. The minimum Gasteiger partial charge on any atom is -0.378 e. The topological polar surface area (TPSA) is 44.5 Å². The highest BCUT2D eigenvalue weighted by Crippen LogP contribution is 2.35. The van der Waals surface area contributed by atoms with Gasteiger partial charge in [0, 0.05) is 6.54 Å². The van der Waals surface area contributed by atoms with E-state index in [0.717, 1.165) is 0 Å². The Kier molecular flexibility index (Phi) is 5.58. The first kappa shape index (κ1) is 12.9. The van der Waals surface area contributed by atoms with Crippen molar-refractivity contribution in [1.82, 2.24) is 0 Å². The molecule has 3 heteroatoms. The third-order valence-corrected chi connectivity index (χ3v) is 3.13. The van der Waals surface area contributed by atoms with Gasteiger partial charge in [0.2, 0.25) is 0 Å². The Balaban J connectivity index is 1.99. The summed E-state index contributed by atoms with van der Waals surface area (Å²) < 4.78 is 11.0. The average molecular weight is 215 g/mol. The van der Waals surface area contributed by atoms with Crippen molar-refractivity contribution in [1.29, 1.82) is 0 Å². The van der Waals surface area contributed by atoms with E-state index in [1.54, 1.807) is 0 Å². The van der Waals surface area contributed by atoms with Gasteiger partial charge in [0.25, 0.3) is 0 Å². The number of hydrogen-bond donors (Lipinski definition) is 1. The average Bonchev–Trinajstić information content (AvgIpc) is 2.20. The lowest BCUT2D eigenvalue weighted by Gasteiger charge is -2.34. The largest absolute Gasteiger partial charge is 0.378 e. The van der Waals surface area contributed by atoms with E-state index < -0.39 is 0 Å². The number of ether oxygens (including phenoxy) is 2. The molecular formula is C12H25NO2. The van der Waals surface area contributed by atoms with E-state index in [-0.39, 0.29) is 0 Å². The van der Waals surface area contributed by atoms with Crippen LogP contribution in [0.4, 0.5) is 0 Å². The Morgan fingerprint density at radius 1 is 1.13 bits per heavy atom. The van der Waals surface area contributed by atoms with Gasteiger partial charge >= 0.3 is 0 Å². The molecule has 90 valence electrons. The molecule has 0 aromatic rings. The van der Waals surface area contributed by atoms with E-state index in [2.05, 4.69) is 13.8 Å². The summed E-state index contributed by atoms with van der Waals surface area (Å²) in [6, 6.07) is 0. The molecule has 0 atom stereocenters. The monoisotopic (exact) mass is 215 g/mol. The van der Waals surface area contributed by atoms with Gasteiger partial charge in [0.1, 0.15) is 0 Å². The summed E-state index contributed by atoms with van der Waals surface area (Å²) in [7, 11) is 0. The summed E-state index contributed by atoms with van der Waals surface area (Å²) in [5.41, 5.74) is 5.84. The number of hydrogen-bond acceptors (Lipinski definition) is 3. The smallest absolute Gasteiger partial charge is 0.0704 e. The first-order chi connectivity index (χ1) is 7.14. The maximum Gasteiger partial charge on any atom is 0.0704 e. The van der Waals surface area contributed by atoms with Crippen molar-refractivity contribution in [2.24, 2.45) is 11.1 Å². The molecule has 1 aliphatic rings. The van der Waals surface area contributed by atoms with Crippen molar-refractivity contribution in [2.75, 3.05) is 26.4 Å². The highest BCUT2D eigenvalue weighted by atomic mass is 16.5. The second kappa shape index (κ2) is 6.46. The fourth-order valence-electron chi connectivity index (χ4n) is 2.00. The maximum atomic E-state index is 5.76. The van der Waals surface area contributed by atoms with Crippen molar-refractivity contribution in [2.45, 2.75) is 45.6 Å². The van der Waals surface area contributed by atoms with Crippen molar-refractivity contribution in [3.8, 4) is 0 Å². The van der Waals surface area contributed by atoms with Crippen LogP contribution in [0, 0.1) is 5.41 Å². The Labute approximate surface area is 93.3 Å². The van der Waals surface area contributed by atoms with Crippen molar-refractivity contribution in [3.63, 3.8) is 0 Å². The molecule has 0 aromatic heterocycles. The Morgan fingerprint density at radius 3 is 2.40 bits per heavy atom. The zero-order valence-electron chi connectivity index (χ0n) is 10.1. The highest BCUT2D eigenvalue weighted by molar-refractivity contribution is 4.78. The summed E-state index contributed by atoms with van der Waals surface area (Å²) in [6.07, 6.45) is 5.41. The molecule has 0 bridgehead atoms. The van der Waals surface area contributed by atoms with Crippen LogP contribution in [0.25, 0.3) is 0 Å². The van der Waals surface area contributed by atoms with Crippen molar-refractivity contribution < 1.29 is 9.47 Å². The van der Waals surface area contributed by atoms with Crippen LogP contribution in [0.1, 0.15) is 39.5 Å². The van der Waals surface area contributed by atoms with Gasteiger partial charge in [-0.3, -0.25) is 0 Å². The van der Waals surface area contributed by atoms with Crippen LogP contribution in [0.2, 0.25) is 0 Å². The minimum atomic E-state index is 0.458. The molecule has 0 heterocycles. The van der Waals surface area contributed by atoms with Crippen LogP contribution in [0.5, 0.6) is 0 Å². The van der Waals surface area contributed by atoms with Crippen LogP contribution < -0.4 is 5.73 Å². The molecule has 0 amide bonds. The summed E-state index contributed by atoms with van der Waals surface area (Å²) in [6.45, 7) is 7.31. The van der Waals surface area contributed by atoms with Crippen LogP contribution in [-0.4, -0.2) is 32.5 Å². The molecule has 0 unspecified atom stereocenters. The first-order valence-electron chi connectivity index (χ1n) is 6.03. The SMILES string of the molecule is CC1(C)CCC(OCCOCCN)CC1. The summed E-state index contributed by atoms with van der Waals surface area (Å²) in [5, 5.41) is 0. The quantitative estimate of drug-likeness (QED) is 0.689. The highest BCUT2D eigenvalue weighted by Gasteiger charge is 2.26. The van der Waals surface area contributed by atoms with Crippen LogP contribution in [-0.2, 0) is 9.47 Å². The van der Waals surface area contributed by atoms with Crippen molar-refractivity contribution >= 4 is 0 Å². The predicted molar refractivity (Wildman–Crippen MR) is 61.9 cm³/mol. The maximum absolute atomic E-state index is 5.76. The molecule has 1 rings (SSSR count). The van der Waals surface area contributed by atoms with Gasteiger partial charge in [-0.05, 0) is 31.1 Å². The molecule has 0 spiro atoms. The summed E-state index contributed by atoms with van der Waals surface area (Å²) >= 11 is 0. The molecule has 1 saturated carbocycles. The molecular weight excluding hydrogens is 190 g/mol. The molecule has 1 fully saturated rings. The fraction of sp³-hybridized carbons (Fsp3) is 1.00. The predicted octanol–water partition coefficient (Wildman–Crippen LogP) is 1.95. The first-order valence-corrected chi connectivity index (χ1v) is 6.03. The third kappa shape index (κ3) is 5.50. The van der Waals surface area contributed by atoms with E-state index in [1.165, 1.54) is 25.7 Å². The number of rotatable bonds is 6. The molecule has 0 saturated heterocycles. The molecule has 15 heavy (non-hydrogen) atoms. The minimum absolute atomic E-state index is 0.458. The van der Waals surface area contributed by atoms with E-state index in [9.17, 15) is 0 Å². The normalized spacial score (nSPS) is 21.8. The summed E-state index contributed by atoms with van der Waals surface area (Å²) in [5.74, 6) is 0. The van der Waals surface area contributed by atoms with Crippen LogP contribution in [0.15, 0.2) is 0 Å². The van der Waals surface area contributed by atoms with E-state index >= 15 is 0 Å². The molecule has 2 N–H and O–H groups in total. The molecule has 0 aromatic carbocycles.